The third-order valence-electron chi connectivity index (χ3n) is 5.35. The van der Waals surface area contributed by atoms with Crippen molar-refractivity contribution >= 4 is 23.5 Å². The number of hydrogen-bond donors (Lipinski definition) is 1. The summed E-state index contributed by atoms with van der Waals surface area (Å²) in [6, 6.07) is 15.7. The summed E-state index contributed by atoms with van der Waals surface area (Å²) in [4.78, 5) is 13.0. The van der Waals surface area contributed by atoms with Crippen molar-refractivity contribution in [2.45, 2.75) is 64.2 Å². The zero-order valence-electron chi connectivity index (χ0n) is 21.1. The van der Waals surface area contributed by atoms with E-state index in [0.717, 1.165) is 11.3 Å². The molecular weight excluding hydrogens is 460 g/mol. The number of nitrogens with zero attached hydrogens (tertiary/aromatic N) is 5. The molecule has 4 aromatic rings. The number of anilines is 1. The van der Waals surface area contributed by atoms with Crippen LogP contribution in [0, 0.1) is 0 Å². The minimum absolute atomic E-state index is 0.124. The highest BCUT2D eigenvalue weighted by Gasteiger charge is 2.26. The van der Waals surface area contributed by atoms with Gasteiger partial charge in [0.25, 0.3) is 0 Å². The predicted molar refractivity (Wildman–Crippen MR) is 139 cm³/mol. The molecule has 9 heteroatoms. The first kappa shape index (κ1) is 24.8. The summed E-state index contributed by atoms with van der Waals surface area (Å²) < 4.78 is 9.42. The lowest BCUT2D eigenvalue weighted by Crippen LogP contribution is -2.27. The van der Waals surface area contributed by atoms with Crippen LogP contribution in [0.5, 0.6) is 0 Å². The molecule has 0 saturated carbocycles. The molecule has 0 aliphatic heterocycles. The van der Waals surface area contributed by atoms with E-state index in [1.54, 1.807) is 6.26 Å². The molecule has 0 spiro atoms. The monoisotopic (exact) mass is 492 g/mol. The van der Waals surface area contributed by atoms with Crippen LogP contribution in [0.3, 0.4) is 0 Å². The number of aromatic nitrogens is 5. The molecule has 4 rings (SSSR count). The second-order valence-electron chi connectivity index (χ2n) is 10.4. The summed E-state index contributed by atoms with van der Waals surface area (Å²) in [6.45, 7) is 13.1. The molecule has 3 aromatic heterocycles. The number of benzene rings is 1. The van der Waals surface area contributed by atoms with E-state index in [0.29, 0.717) is 29.1 Å². The fourth-order valence-corrected chi connectivity index (χ4v) is 4.29. The third kappa shape index (κ3) is 5.85. The van der Waals surface area contributed by atoms with E-state index < -0.39 is 0 Å². The average Bonchev–Trinajstić information content (AvgIpc) is 3.52. The van der Waals surface area contributed by atoms with Gasteiger partial charge >= 0.3 is 0 Å². The number of hydrogen-bond acceptors (Lipinski definition) is 6. The van der Waals surface area contributed by atoms with Gasteiger partial charge in [0.1, 0.15) is 5.82 Å². The van der Waals surface area contributed by atoms with Crippen molar-refractivity contribution in [1.82, 2.24) is 24.5 Å². The Labute approximate surface area is 210 Å². The van der Waals surface area contributed by atoms with Crippen LogP contribution in [-0.4, -0.2) is 36.2 Å². The Bertz CT molecular complexity index is 1280. The van der Waals surface area contributed by atoms with Gasteiger partial charge < -0.3 is 9.73 Å². The highest BCUT2D eigenvalue weighted by Crippen LogP contribution is 2.29. The number of thioether (sulfide) groups is 1. The first-order chi connectivity index (χ1) is 16.5. The molecule has 1 N–H and O–H groups in total. The molecule has 0 aliphatic carbocycles. The van der Waals surface area contributed by atoms with E-state index in [-0.39, 0.29) is 22.6 Å². The van der Waals surface area contributed by atoms with E-state index in [4.69, 9.17) is 9.52 Å². The lowest BCUT2D eigenvalue weighted by atomic mass is 9.92. The van der Waals surface area contributed by atoms with Gasteiger partial charge in [0.2, 0.25) is 11.7 Å². The molecule has 0 bridgehead atoms. The van der Waals surface area contributed by atoms with E-state index in [1.165, 1.54) is 11.8 Å². The first-order valence-corrected chi connectivity index (χ1v) is 12.6. The molecule has 0 aliphatic rings. The number of carbonyl (C=O) groups excluding carboxylic acids is 1. The Balaban J connectivity index is 1.53. The van der Waals surface area contributed by atoms with E-state index in [2.05, 4.69) is 57.1 Å². The standard InChI is InChI=1S/C26H32N6O2S/c1-25(2,3)20-15-21(32(30-20)26(4,5)6)27-22(33)17-35-24-29-28-23(19-13-10-14-34-19)31(24)16-18-11-8-7-9-12-18/h7-15H,16-17H2,1-6H3,(H,27,33). The molecule has 1 aromatic carbocycles. The molecule has 0 unspecified atom stereocenters. The maximum Gasteiger partial charge on any atom is 0.235 e. The first-order valence-electron chi connectivity index (χ1n) is 11.6. The van der Waals surface area contributed by atoms with Crippen molar-refractivity contribution in [2.75, 3.05) is 11.1 Å². The van der Waals surface area contributed by atoms with Crippen molar-refractivity contribution in [2.24, 2.45) is 0 Å². The summed E-state index contributed by atoms with van der Waals surface area (Å²) in [5.74, 6) is 2.01. The van der Waals surface area contributed by atoms with Crippen molar-refractivity contribution in [3.8, 4) is 11.6 Å². The van der Waals surface area contributed by atoms with Gasteiger partial charge in [-0.05, 0) is 38.5 Å². The topological polar surface area (TPSA) is 90.8 Å². The van der Waals surface area contributed by atoms with E-state index >= 15 is 0 Å². The molecule has 1 amide bonds. The summed E-state index contributed by atoms with van der Waals surface area (Å²) in [5, 5.41) is 17.2. The fourth-order valence-electron chi connectivity index (χ4n) is 3.55. The lowest BCUT2D eigenvalue weighted by molar-refractivity contribution is -0.113. The second-order valence-corrected chi connectivity index (χ2v) is 11.4. The van der Waals surface area contributed by atoms with Crippen molar-refractivity contribution in [3.05, 3.63) is 66.1 Å². The summed E-state index contributed by atoms with van der Waals surface area (Å²) in [6.07, 6.45) is 1.61. The zero-order valence-corrected chi connectivity index (χ0v) is 21.9. The molecule has 0 fully saturated rings. The Kier molecular flexibility index (Phi) is 6.89. The molecule has 8 nitrogen and oxygen atoms in total. The van der Waals surface area contributed by atoms with Crippen LogP contribution in [0.1, 0.15) is 52.8 Å². The van der Waals surface area contributed by atoms with Gasteiger partial charge in [-0.2, -0.15) is 5.10 Å². The molecule has 184 valence electrons. The number of carbonyl (C=O) groups is 1. The molecule has 3 heterocycles. The van der Waals surface area contributed by atoms with Gasteiger partial charge in [-0.3, -0.25) is 9.36 Å². The maximum absolute atomic E-state index is 13.0. The highest BCUT2D eigenvalue weighted by atomic mass is 32.2. The molecule has 35 heavy (non-hydrogen) atoms. The number of amides is 1. The number of furan rings is 1. The average molecular weight is 493 g/mol. The Morgan fingerprint density at radius 3 is 2.40 bits per heavy atom. The Morgan fingerprint density at radius 1 is 1.03 bits per heavy atom. The number of nitrogens with one attached hydrogen (secondary N) is 1. The molecular formula is C26H32N6O2S. The van der Waals surface area contributed by atoms with Crippen LogP contribution in [-0.2, 0) is 22.3 Å². The van der Waals surface area contributed by atoms with Crippen LogP contribution >= 0.6 is 11.8 Å². The van der Waals surface area contributed by atoms with Gasteiger partial charge in [0.05, 0.1) is 29.8 Å². The van der Waals surface area contributed by atoms with Crippen molar-refractivity contribution in [3.63, 3.8) is 0 Å². The third-order valence-corrected chi connectivity index (χ3v) is 6.32. The zero-order chi connectivity index (χ0) is 25.2. The lowest BCUT2D eigenvalue weighted by Gasteiger charge is -2.23. The van der Waals surface area contributed by atoms with Gasteiger partial charge in [0.15, 0.2) is 10.9 Å². The van der Waals surface area contributed by atoms with Crippen LogP contribution in [0.4, 0.5) is 5.82 Å². The molecule has 0 radical (unpaired) electrons. The van der Waals surface area contributed by atoms with Crippen molar-refractivity contribution in [1.29, 1.82) is 0 Å². The fraction of sp³-hybridized carbons (Fsp3) is 0.385. The van der Waals surface area contributed by atoms with Crippen molar-refractivity contribution < 1.29 is 9.21 Å². The SMILES string of the molecule is CC(C)(C)c1cc(NC(=O)CSc2nnc(-c3ccco3)n2Cc2ccccc2)n(C(C)(C)C)n1. The quantitative estimate of drug-likeness (QED) is 0.339. The minimum Gasteiger partial charge on any atom is -0.461 e. The Morgan fingerprint density at radius 2 is 1.77 bits per heavy atom. The maximum atomic E-state index is 13.0. The van der Waals surface area contributed by atoms with E-state index in [9.17, 15) is 4.79 Å². The van der Waals surface area contributed by atoms with Gasteiger partial charge in [-0.1, -0.05) is 62.9 Å². The van der Waals surface area contributed by atoms with E-state index in [1.807, 2.05) is 57.8 Å². The number of rotatable bonds is 7. The van der Waals surface area contributed by atoms with Crippen LogP contribution < -0.4 is 5.32 Å². The van der Waals surface area contributed by atoms with Gasteiger partial charge in [-0.15, -0.1) is 10.2 Å². The van der Waals surface area contributed by atoms with Crippen LogP contribution in [0.15, 0.2) is 64.4 Å². The summed E-state index contributed by atoms with van der Waals surface area (Å²) in [7, 11) is 0. The normalized spacial score (nSPS) is 12.2. The summed E-state index contributed by atoms with van der Waals surface area (Å²) >= 11 is 1.34. The molecule has 0 saturated heterocycles. The van der Waals surface area contributed by atoms with Crippen LogP contribution in [0.2, 0.25) is 0 Å². The second kappa shape index (κ2) is 9.73. The largest absolute Gasteiger partial charge is 0.461 e. The smallest absolute Gasteiger partial charge is 0.235 e. The van der Waals surface area contributed by atoms with Crippen LogP contribution in [0.25, 0.3) is 11.6 Å². The predicted octanol–water partition coefficient (Wildman–Crippen LogP) is 5.57. The summed E-state index contributed by atoms with van der Waals surface area (Å²) in [5.41, 5.74) is 1.64. The molecule has 0 atom stereocenters. The minimum atomic E-state index is -0.271. The highest BCUT2D eigenvalue weighted by molar-refractivity contribution is 7.99. The van der Waals surface area contributed by atoms with Gasteiger partial charge in [0, 0.05) is 11.5 Å². The Hall–Kier alpha value is -3.33. The van der Waals surface area contributed by atoms with Gasteiger partial charge in [-0.25, -0.2) is 4.68 Å².